The molecule has 0 fully saturated rings. The van der Waals surface area contributed by atoms with Gasteiger partial charge in [-0.2, -0.15) is 18.3 Å². The van der Waals surface area contributed by atoms with E-state index in [1.165, 1.54) is 36.3 Å². The van der Waals surface area contributed by atoms with Crippen LogP contribution in [0.15, 0.2) is 36.7 Å². The molecule has 2 rings (SSSR count). The molecule has 0 aliphatic heterocycles. The van der Waals surface area contributed by atoms with Gasteiger partial charge in [0.2, 0.25) is 0 Å². The van der Waals surface area contributed by atoms with Crippen LogP contribution in [0.25, 0.3) is 5.69 Å². The van der Waals surface area contributed by atoms with Crippen LogP contribution in [0.5, 0.6) is 0 Å². The normalized spacial score (nSPS) is 11.1. The number of anilines is 1. The lowest BCUT2D eigenvalue weighted by atomic mass is 10.2. The first-order chi connectivity index (χ1) is 12.6. The molecule has 0 unspecified atom stereocenters. The van der Waals surface area contributed by atoms with Crippen LogP contribution in [0.2, 0.25) is 0 Å². The molecule has 0 aliphatic carbocycles. The highest BCUT2D eigenvalue weighted by molar-refractivity contribution is 6.39. The summed E-state index contributed by atoms with van der Waals surface area (Å²) in [7, 11) is 1.29. The first kappa shape index (κ1) is 19.9. The average molecular weight is 384 g/mol. The summed E-state index contributed by atoms with van der Waals surface area (Å²) >= 11 is 0. The standard InChI is InChI=1S/C16H15F3N4O4/c1-22(7-6-13(24)25)15(27)14(26)21-11-8-20-23(9-11)12-4-2-10(3-5-12)16(17,18)19/h2-5,8-9H,6-7H2,1H3,(H,21,26)(H,24,25). The van der Waals surface area contributed by atoms with Gasteiger partial charge < -0.3 is 15.3 Å². The van der Waals surface area contributed by atoms with Crippen molar-refractivity contribution < 1.29 is 32.7 Å². The minimum absolute atomic E-state index is 0.133. The smallest absolute Gasteiger partial charge is 0.416 e. The molecule has 0 bridgehead atoms. The number of alkyl halides is 3. The summed E-state index contributed by atoms with van der Waals surface area (Å²) in [6, 6.07) is 4.23. The Labute approximate surface area is 151 Å². The number of halogens is 3. The van der Waals surface area contributed by atoms with Crippen molar-refractivity contribution in [1.29, 1.82) is 0 Å². The van der Waals surface area contributed by atoms with E-state index >= 15 is 0 Å². The maximum atomic E-state index is 12.6. The lowest BCUT2D eigenvalue weighted by Gasteiger charge is -2.14. The molecule has 2 aromatic rings. The minimum Gasteiger partial charge on any atom is -0.481 e. The maximum Gasteiger partial charge on any atom is 0.416 e. The molecular formula is C16H15F3N4O4. The molecule has 27 heavy (non-hydrogen) atoms. The molecule has 0 saturated carbocycles. The third-order valence-corrected chi connectivity index (χ3v) is 3.50. The van der Waals surface area contributed by atoms with Gasteiger partial charge in [0.25, 0.3) is 0 Å². The third kappa shape index (κ3) is 5.30. The Morgan fingerprint density at radius 1 is 1.22 bits per heavy atom. The lowest BCUT2D eigenvalue weighted by Crippen LogP contribution is -2.38. The molecule has 0 aliphatic rings. The summed E-state index contributed by atoms with van der Waals surface area (Å²) in [6.07, 6.45) is -2.21. The number of carboxylic acid groups (broad SMARTS) is 1. The van der Waals surface area contributed by atoms with Crippen molar-refractivity contribution in [2.24, 2.45) is 0 Å². The highest BCUT2D eigenvalue weighted by Crippen LogP contribution is 2.29. The first-order valence-electron chi connectivity index (χ1n) is 7.58. The summed E-state index contributed by atoms with van der Waals surface area (Å²) in [5.74, 6) is -3.03. The lowest BCUT2D eigenvalue weighted by molar-refractivity contribution is -0.143. The summed E-state index contributed by atoms with van der Waals surface area (Å²) in [6.45, 7) is -0.133. The van der Waals surface area contributed by atoms with Gasteiger partial charge in [-0.3, -0.25) is 14.4 Å². The van der Waals surface area contributed by atoms with Crippen molar-refractivity contribution in [2.45, 2.75) is 12.6 Å². The molecule has 144 valence electrons. The van der Waals surface area contributed by atoms with Gasteiger partial charge in [-0.1, -0.05) is 0 Å². The van der Waals surface area contributed by atoms with Crippen LogP contribution in [0.3, 0.4) is 0 Å². The number of likely N-dealkylation sites (N-methyl/N-ethyl adjacent to an activating group) is 1. The van der Waals surface area contributed by atoms with E-state index in [4.69, 9.17) is 5.11 Å². The van der Waals surface area contributed by atoms with Crippen LogP contribution in [0.1, 0.15) is 12.0 Å². The van der Waals surface area contributed by atoms with E-state index in [9.17, 15) is 27.6 Å². The van der Waals surface area contributed by atoms with E-state index in [0.717, 1.165) is 17.0 Å². The molecule has 1 heterocycles. The maximum absolute atomic E-state index is 12.6. The largest absolute Gasteiger partial charge is 0.481 e. The number of hydrogen-bond donors (Lipinski definition) is 2. The fourth-order valence-corrected chi connectivity index (χ4v) is 2.05. The second-order valence-corrected chi connectivity index (χ2v) is 5.54. The Balaban J connectivity index is 2.02. The topological polar surface area (TPSA) is 105 Å². The number of aliphatic carboxylic acids is 1. The molecular weight excluding hydrogens is 369 g/mol. The van der Waals surface area contributed by atoms with Gasteiger partial charge in [0.15, 0.2) is 0 Å². The van der Waals surface area contributed by atoms with E-state index in [2.05, 4.69) is 10.4 Å². The van der Waals surface area contributed by atoms with Crippen LogP contribution in [0, 0.1) is 0 Å². The van der Waals surface area contributed by atoms with Gasteiger partial charge in [-0.25, -0.2) is 4.68 Å². The molecule has 0 atom stereocenters. The number of benzene rings is 1. The van der Waals surface area contributed by atoms with Gasteiger partial charge in [-0.15, -0.1) is 0 Å². The van der Waals surface area contributed by atoms with Crippen molar-refractivity contribution >= 4 is 23.5 Å². The predicted molar refractivity (Wildman–Crippen MR) is 87.1 cm³/mol. The molecule has 1 aromatic heterocycles. The molecule has 0 radical (unpaired) electrons. The number of rotatable bonds is 5. The fourth-order valence-electron chi connectivity index (χ4n) is 2.05. The number of nitrogens with one attached hydrogen (secondary N) is 1. The fraction of sp³-hybridized carbons (Fsp3) is 0.250. The van der Waals surface area contributed by atoms with E-state index in [0.29, 0.717) is 5.69 Å². The summed E-state index contributed by atoms with van der Waals surface area (Å²) in [4.78, 5) is 35.2. The molecule has 2 N–H and O–H groups in total. The summed E-state index contributed by atoms with van der Waals surface area (Å²) in [5.41, 5.74) is -0.324. The van der Waals surface area contributed by atoms with Gasteiger partial charge in [0, 0.05) is 13.6 Å². The van der Waals surface area contributed by atoms with Crippen molar-refractivity contribution in [2.75, 3.05) is 18.9 Å². The number of amides is 2. The Morgan fingerprint density at radius 2 is 1.85 bits per heavy atom. The van der Waals surface area contributed by atoms with Crippen LogP contribution in [-0.4, -0.2) is 51.2 Å². The molecule has 2 amide bonds. The summed E-state index contributed by atoms with van der Waals surface area (Å²) < 4.78 is 38.9. The predicted octanol–water partition coefficient (Wildman–Crippen LogP) is 1.76. The van der Waals surface area contributed by atoms with Crippen molar-refractivity contribution in [3.8, 4) is 5.69 Å². The zero-order valence-electron chi connectivity index (χ0n) is 14.0. The van der Waals surface area contributed by atoms with Gasteiger partial charge in [0.05, 0.1) is 35.8 Å². The van der Waals surface area contributed by atoms with E-state index in [-0.39, 0.29) is 18.7 Å². The monoisotopic (exact) mass is 384 g/mol. The minimum atomic E-state index is -4.45. The van der Waals surface area contributed by atoms with E-state index in [1.807, 2.05) is 0 Å². The van der Waals surface area contributed by atoms with Crippen LogP contribution >= 0.6 is 0 Å². The third-order valence-electron chi connectivity index (χ3n) is 3.50. The van der Waals surface area contributed by atoms with Gasteiger partial charge >= 0.3 is 24.0 Å². The molecule has 0 spiro atoms. The highest BCUT2D eigenvalue weighted by Gasteiger charge is 2.30. The van der Waals surface area contributed by atoms with Gasteiger partial charge in [0.1, 0.15) is 0 Å². The van der Waals surface area contributed by atoms with E-state index < -0.39 is 29.5 Å². The number of carbonyl (C=O) groups excluding carboxylic acids is 2. The van der Waals surface area contributed by atoms with E-state index in [1.54, 1.807) is 0 Å². The Bertz CT molecular complexity index is 846. The number of carbonyl (C=O) groups is 3. The van der Waals surface area contributed by atoms with Crippen molar-refractivity contribution in [1.82, 2.24) is 14.7 Å². The van der Waals surface area contributed by atoms with Crippen molar-refractivity contribution in [3.05, 3.63) is 42.2 Å². The zero-order chi connectivity index (χ0) is 20.2. The number of hydrogen-bond acceptors (Lipinski definition) is 4. The Hall–Kier alpha value is -3.37. The second kappa shape index (κ2) is 7.89. The highest BCUT2D eigenvalue weighted by atomic mass is 19.4. The van der Waals surface area contributed by atoms with Crippen LogP contribution in [0.4, 0.5) is 18.9 Å². The van der Waals surface area contributed by atoms with Crippen molar-refractivity contribution in [3.63, 3.8) is 0 Å². The van der Waals surface area contributed by atoms with Crippen LogP contribution in [-0.2, 0) is 20.6 Å². The molecule has 1 aromatic carbocycles. The molecule has 8 nitrogen and oxygen atoms in total. The molecule has 11 heteroatoms. The van der Waals surface area contributed by atoms with Gasteiger partial charge in [-0.05, 0) is 24.3 Å². The quantitative estimate of drug-likeness (QED) is 0.765. The number of carboxylic acids is 1. The Morgan fingerprint density at radius 3 is 2.41 bits per heavy atom. The number of nitrogens with zero attached hydrogens (tertiary/aromatic N) is 3. The Kier molecular flexibility index (Phi) is 5.83. The summed E-state index contributed by atoms with van der Waals surface area (Å²) in [5, 5.41) is 14.8. The zero-order valence-corrected chi connectivity index (χ0v) is 14.0. The SMILES string of the molecule is CN(CCC(=O)O)C(=O)C(=O)Nc1cnn(-c2ccc(C(F)(F)F)cc2)c1. The number of aromatic nitrogens is 2. The average Bonchev–Trinajstić information content (AvgIpc) is 3.06. The van der Waals surface area contributed by atoms with Crippen LogP contribution < -0.4 is 5.32 Å². The molecule has 0 saturated heterocycles. The first-order valence-corrected chi connectivity index (χ1v) is 7.58. The second-order valence-electron chi connectivity index (χ2n) is 5.54.